The van der Waals surface area contributed by atoms with E-state index in [-0.39, 0.29) is 0 Å². The van der Waals surface area contributed by atoms with Crippen LogP contribution in [0.3, 0.4) is 0 Å². The molecular weight excluding hydrogens is 226 g/mol. The van der Waals surface area contributed by atoms with Crippen LogP contribution in [-0.2, 0) is 4.74 Å². The number of fused-ring (bicyclic) bond motifs is 1. The summed E-state index contributed by atoms with van der Waals surface area (Å²) in [6.45, 7) is 11.5. The highest BCUT2D eigenvalue weighted by Gasteiger charge is 2.34. The monoisotopic (exact) mass is 253 g/mol. The standard InChI is InChI=1S/C14H27N3O/c1-2-15-14-11-18-10-12(14)8-16-6-7-17-5-3-4-13(17)9-16/h12-15H,2-11H2,1H3. The Morgan fingerprint density at radius 1 is 1.22 bits per heavy atom. The van der Waals surface area contributed by atoms with Gasteiger partial charge in [0.2, 0.25) is 0 Å². The maximum absolute atomic E-state index is 5.65. The maximum atomic E-state index is 5.65. The van der Waals surface area contributed by atoms with E-state index in [0.29, 0.717) is 12.0 Å². The van der Waals surface area contributed by atoms with E-state index in [1.165, 1.54) is 45.6 Å². The zero-order valence-electron chi connectivity index (χ0n) is 11.6. The van der Waals surface area contributed by atoms with E-state index in [9.17, 15) is 0 Å². The molecule has 0 amide bonds. The number of rotatable bonds is 4. The molecule has 0 spiro atoms. The molecule has 3 atom stereocenters. The van der Waals surface area contributed by atoms with Crippen LogP contribution < -0.4 is 5.32 Å². The van der Waals surface area contributed by atoms with Crippen LogP contribution >= 0.6 is 0 Å². The minimum Gasteiger partial charge on any atom is -0.379 e. The van der Waals surface area contributed by atoms with Crippen LogP contribution in [0.4, 0.5) is 0 Å². The number of nitrogens with one attached hydrogen (secondary N) is 1. The predicted octanol–water partition coefficient (Wildman–Crippen LogP) is 0.391. The van der Waals surface area contributed by atoms with E-state index in [4.69, 9.17) is 4.74 Å². The Bertz CT molecular complexity index is 274. The molecule has 18 heavy (non-hydrogen) atoms. The Hall–Kier alpha value is -0.160. The Kier molecular flexibility index (Phi) is 4.19. The molecule has 0 aromatic carbocycles. The molecule has 3 fully saturated rings. The number of hydrogen-bond donors (Lipinski definition) is 1. The van der Waals surface area contributed by atoms with Crippen molar-refractivity contribution in [2.45, 2.75) is 31.8 Å². The third-order valence-corrected chi connectivity index (χ3v) is 4.83. The molecular formula is C14H27N3O. The third-order valence-electron chi connectivity index (χ3n) is 4.83. The molecule has 3 aliphatic heterocycles. The Morgan fingerprint density at radius 2 is 2.17 bits per heavy atom. The fourth-order valence-electron chi connectivity index (χ4n) is 3.82. The molecule has 3 aliphatic rings. The predicted molar refractivity (Wildman–Crippen MR) is 72.8 cm³/mol. The van der Waals surface area contributed by atoms with E-state index in [0.717, 1.165) is 25.8 Å². The van der Waals surface area contributed by atoms with Gasteiger partial charge in [-0.1, -0.05) is 6.92 Å². The lowest BCUT2D eigenvalue weighted by atomic mass is 10.0. The van der Waals surface area contributed by atoms with Gasteiger partial charge in [0.25, 0.3) is 0 Å². The Labute approximate surface area is 111 Å². The highest BCUT2D eigenvalue weighted by Crippen LogP contribution is 2.23. The molecule has 4 nitrogen and oxygen atoms in total. The zero-order valence-corrected chi connectivity index (χ0v) is 11.6. The van der Waals surface area contributed by atoms with E-state index < -0.39 is 0 Å². The van der Waals surface area contributed by atoms with Gasteiger partial charge in [0.15, 0.2) is 0 Å². The highest BCUT2D eigenvalue weighted by atomic mass is 16.5. The largest absolute Gasteiger partial charge is 0.379 e. The van der Waals surface area contributed by atoms with Crippen molar-refractivity contribution in [2.24, 2.45) is 5.92 Å². The van der Waals surface area contributed by atoms with E-state index >= 15 is 0 Å². The lowest BCUT2D eigenvalue weighted by Crippen LogP contribution is -2.52. The van der Waals surface area contributed by atoms with E-state index in [1.807, 2.05) is 0 Å². The average Bonchev–Trinajstić information content (AvgIpc) is 2.99. The molecule has 0 radical (unpaired) electrons. The molecule has 0 aliphatic carbocycles. The van der Waals surface area contributed by atoms with Crippen molar-refractivity contribution in [2.75, 3.05) is 52.5 Å². The first-order chi connectivity index (χ1) is 8.86. The van der Waals surface area contributed by atoms with Crippen molar-refractivity contribution in [3.63, 3.8) is 0 Å². The van der Waals surface area contributed by atoms with Crippen molar-refractivity contribution in [1.29, 1.82) is 0 Å². The summed E-state index contributed by atoms with van der Waals surface area (Å²) < 4.78 is 5.65. The Balaban J connectivity index is 1.50. The first-order valence-electron chi connectivity index (χ1n) is 7.64. The van der Waals surface area contributed by atoms with E-state index in [2.05, 4.69) is 22.0 Å². The molecule has 3 heterocycles. The van der Waals surface area contributed by atoms with Gasteiger partial charge in [-0.25, -0.2) is 0 Å². The fraction of sp³-hybridized carbons (Fsp3) is 1.00. The van der Waals surface area contributed by atoms with Crippen molar-refractivity contribution < 1.29 is 4.74 Å². The molecule has 3 rings (SSSR count). The number of likely N-dealkylation sites (N-methyl/N-ethyl adjacent to an activating group) is 1. The lowest BCUT2D eigenvalue weighted by molar-refractivity contribution is 0.0858. The summed E-state index contributed by atoms with van der Waals surface area (Å²) in [5.74, 6) is 0.693. The van der Waals surface area contributed by atoms with E-state index in [1.54, 1.807) is 0 Å². The molecule has 3 saturated heterocycles. The van der Waals surface area contributed by atoms with Crippen molar-refractivity contribution >= 4 is 0 Å². The van der Waals surface area contributed by atoms with Crippen molar-refractivity contribution in [3.8, 4) is 0 Å². The summed E-state index contributed by atoms with van der Waals surface area (Å²) in [6, 6.07) is 1.43. The highest BCUT2D eigenvalue weighted by molar-refractivity contribution is 4.90. The lowest BCUT2D eigenvalue weighted by Gasteiger charge is -2.39. The van der Waals surface area contributed by atoms with Crippen LogP contribution in [0, 0.1) is 5.92 Å². The summed E-state index contributed by atoms with van der Waals surface area (Å²) in [4.78, 5) is 5.36. The van der Waals surface area contributed by atoms with Crippen LogP contribution in [0.5, 0.6) is 0 Å². The quantitative estimate of drug-likeness (QED) is 0.784. The average molecular weight is 253 g/mol. The van der Waals surface area contributed by atoms with Gasteiger partial charge in [0.1, 0.15) is 0 Å². The van der Waals surface area contributed by atoms with Gasteiger partial charge in [0.05, 0.1) is 13.2 Å². The maximum Gasteiger partial charge on any atom is 0.0623 e. The summed E-state index contributed by atoms with van der Waals surface area (Å²) >= 11 is 0. The van der Waals surface area contributed by atoms with Gasteiger partial charge >= 0.3 is 0 Å². The topological polar surface area (TPSA) is 27.7 Å². The summed E-state index contributed by atoms with van der Waals surface area (Å²) in [6.07, 6.45) is 2.82. The molecule has 4 heteroatoms. The molecule has 0 bridgehead atoms. The van der Waals surface area contributed by atoms with Crippen molar-refractivity contribution in [3.05, 3.63) is 0 Å². The summed E-state index contributed by atoms with van der Waals surface area (Å²) in [5.41, 5.74) is 0. The van der Waals surface area contributed by atoms with Crippen LogP contribution in [0.1, 0.15) is 19.8 Å². The SMILES string of the molecule is CCNC1COCC1CN1CCN2CCCC2C1. The number of nitrogens with zero attached hydrogens (tertiary/aromatic N) is 2. The molecule has 0 saturated carbocycles. The smallest absolute Gasteiger partial charge is 0.0623 e. The van der Waals surface area contributed by atoms with Gasteiger partial charge in [-0.3, -0.25) is 4.90 Å². The number of hydrogen-bond acceptors (Lipinski definition) is 4. The second-order valence-electron chi connectivity index (χ2n) is 6.05. The summed E-state index contributed by atoms with van der Waals surface area (Å²) in [7, 11) is 0. The van der Waals surface area contributed by atoms with Gasteiger partial charge in [-0.2, -0.15) is 0 Å². The van der Waals surface area contributed by atoms with Crippen LogP contribution in [0.15, 0.2) is 0 Å². The molecule has 3 unspecified atom stereocenters. The first-order valence-corrected chi connectivity index (χ1v) is 7.64. The van der Waals surface area contributed by atoms with Crippen LogP contribution in [0.2, 0.25) is 0 Å². The number of ether oxygens (including phenoxy) is 1. The first kappa shape index (κ1) is 12.9. The van der Waals surface area contributed by atoms with Gasteiger partial charge in [0, 0.05) is 44.2 Å². The number of piperazine rings is 1. The van der Waals surface area contributed by atoms with Crippen LogP contribution in [-0.4, -0.2) is 74.4 Å². The molecule has 104 valence electrons. The second-order valence-corrected chi connectivity index (χ2v) is 6.05. The van der Waals surface area contributed by atoms with Gasteiger partial charge in [-0.15, -0.1) is 0 Å². The summed E-state index contributed by atoms with van der Waals surface area (Å²) in [5, 5.41) is 3.57. The fourth-order valence-corrected chi connectivity index (χ4v) is 3.82. The normalized spacial score (nSPS) is 38.2. The van der Waals surface area contributed by atoms with Gasteiger partial charge in [-0.05, 0) is 25.9 Å². The molecule has 0 aromatic heterocycles. The molecule has 0 aromatic rings. The molecule has 1 N–H and O–H groups in total. The zero-order chi connectivity index (χ0) is 12.4. The second kappa shape index (κ2) is 5.87. The van der Waals surface area contributed by atoms with Crippen molar-refractivity contribution in [1.82, 2.24) is 15.1 Å². The van der Waals surface area contributed by atoms with Gasteiger partial charge < -0.3 is 15.0 Å². The third kappa shape index (κ3) is 2.72. The van der Waals surface area contributed by atoms with Crippen LogP contribution in [0.25, 0.3) is 0 Å². The minimum atomic E-state index is 0.580. The Morgan fingerprint density at radius 3 is 3.06 bits per heavy atom. The minimum absolute atomic E-state index is 0.580.